The standard InChI is InChI=1S/C14H21N5O3/c1-16-6-4-14(10-16)3-2-5-17(11-14)13(20)9-18-8-12(7-15-18)19(21)22/h7-8H,2-6,9-11H2,1H3. The molecule has 3 heterocycles. The van der Waals surface area contributed by atoms with Gasteiger partial charge in [0.25, 0.3) is 0 Å². The number of piperidine rings is 1. The summed E-state index contributed by atoms with van der Waals surface area (Å²) in [6.45, 7) is 3.77. The Labute approximate surface area is 128 Å². The van der Waals surface area contributed by atoms with Crippen molar-refractivity contribution in [2.45, 2.75) is 25.8 Å². The summed E-state index contributed by atoms with van der Waals surface area (Å²) < 4.78 is 1.35. The van der Waals surface area contributed by atoms with E-state index in [4.69, 9.17) is 0 Å². The van der Waals surface area contributed by atoms with Gasteiger partial charge in [-0.3, -0.25) is 19.6 Å². The molecule has 120 valence electrons. The topological polar surface area (TPSA) is 84.5 Å². The molecule has 1 aromatic heterocycles. The Hall–Kier alpha value is -1.96. The van der Waals surface area contributed by atoms with Crippen LogP contribution in [0.5, 0.6) is 0 Å². The van der Waals surface area contributed by atoms with Crippen LogP contribution in [0.1, 0.15) is 19.3 Å². The van der Waals surface area contributed by atoms with Gasteiger partial charge in [0.15, 0.2) is 0 Å². The van der Waals surface area contributed by atoms with Crippen molar-refractivity contribution >= 4 is 11.6 Å². The molecule has 1 aromatic rings. The summed E-state index contributed by atoms with van der Waals surface area (Å²) >= 11 is 0. The van der Waals surface area contributed by atoms with Crippen LogP contribution in [0.15, 0.2) is 12.4 Å². The fourth-order valence-electron chi connectivity index (χ4n) is 3.68. The van der Waals surface area contributed by atoms with Crippen molar-refractivity contribution < 1.29 is 9.72 Å². The van der Waals surface area contributed by atoms with Crippen LogP contribution in [-0.4, -0.2) is 63.6 Å². The second kappa shape index (κ2) is 5.68. The summed E-state index contributed by atoms with van der Waals surface area (Å²) in [5, 5.41) is 14.5. The summed E-state index contributed by atoms with van der Waals surface area (Å²) in [5.74, 6) is -0.00775. The molecular weight excluding hydrogens is 286 g/mol. The Kier molecular flexibility index (Phi) is 3.86. The van der Waals surface area contributed by atoms with Crippen LogP contribution in [0.4, 0.5) is 5.69 Å². The minimum atomic E-state index is -0.502. The number of nitrogens with zero attached hydrogens (tertiary/aromatic N) is 5. The predicted molar refractivity (Wildman–Crippen MR) is 79.2 cm³/mol. The first-order valence-electron chi connectivity index (χ1n) is 7.61. The second-order valence-electron chi connectivity index (χ2n) is 6.56. The van der Waals surface area contributed by atoms with Crippen molar-refractivity contribution in [1.82, 2.24) is 19.6 Å². The van der Waals surface area contributed by atoms with Gasteiger partial charge in [0.1, 0.15) is 18.9 Å². The highest BCUT2D eigenvalue weighted by molar-refractivity contribution is 5.76. The van der Waals surface area contributed by atoms with Gasteiger partial charge in [-0.2, -0.15) is 5.10 Å². The first-order valence-corrected chi connectivity index (χ1v) is 7.61. The van der Waals surface area contributed by atoms with E-state index < -0.39 is 4.92 Å². The Morgan fingerprint density at radius 1 is 1.41 bits per heavy atom. The largest absolute Gasteiger partial charge is 0.340 e. The molecule has 1 atom stereocenters. The average Bonchev–Trinajstić information content (AvgIpc) is 3.07. The van der Waals surface area contributed by atoms with Crippen molar-refractivity contribution in [2.24, 2.45) is 5.41 Å². The lowest BCUT2D eigenvalue weighted by Gasteiger charge is -2.40. The maximum Gasteiger partial charge on any atom is 0.307 e. The van der Waals surface area contributed by atoms with E-state index in [1.165, 1.54) is 23.5 Å². The Balaban J connectivity index is 1.63. The number of amides is 1. The molecule has 0 saturated carbocycles. The molecule has 0 bridgehead atoms. The summed E-state index contributed by atoms with van der Waals surface area (Å²) in [7, 11) is 2.12. The molecule has 2 aliphatic rings. The van der Waals surface area contributed by atoms with E-state index in [0.717, 1.165) is 39.0 Å². The highest BCUT2D eigenvalue weighted by atomic mass is 16.6. The molecule has 0 aromatic carbocycles. The molecule has 0 radical (unpaired) electrons. The number of carbonyl (C=O) groups excluding carboxylic acids is 1. The average molecular weight is 307 g/mol. The van der Waals surface area contributed by atoms with E-state index in [-0.39, 0.29) is 23.6 Å². The summed E-state index contributed by atoms with van der Waals surface area (Å²) in [6.07, 6.45) is 5.82. The van der Waals surface area contributed by atoms with E-state index >= 15 is 0 Å². The molecule has 22 heavy (non-hydrogen) atoms. The fourth-order valence-corrected chi connectivity index (χ4v) is 3.68. The smallest absolute Gasteiger partial charge is 0.307 e. The first kappa shape index (κ1) is 15.0. The van der Waals surface area contributed by atoms with E-state index in [2.05, 4.69) is 17.0 Å². The van der Waals surface area contributed by atoms with Crippen LogP contribution in [0.25, 0.3) is 0 Å². The van der Waals surface area contributed by atoms with Gasteiger partial charge in [0, 0.05) is 25.0 Å². The van der Waals surface area contributed by atoms with Gasteiger partial charge in [-0.05, 0) is 32.9 Å². The number of likely N-dealkylation sites (tertiary alicyclic amines) is 2. The molecule has 2 saturated heterocycles. The van der Waals surface area contributed by atoms with Crippen molar-refractivity contribution in [2.75, 3.05) is 33.2 Å². The van der Waals surface area contributed by atoms with Crippen LogP contribution in [0.2, 0.25) is 0 Å². The lowest BCUT2D eigenvalue weighted by molar-refractivity contribution is -0.385. The van der Waals surface area contributed by atoms with Crippen LogP contribution in [0.3, 0.4) is 0 Å². The van der Waals surface area contributed by atoms with Crippen molar-refractivity contribution in [3.8, 4) is 0 Å². The molecule has 8 heteroatoms. The van der Waals surface area contributed by atoms with Crippen molar-refractivity contribution in [1.29, 1.82) is 0 Å². The lowest BCUT2D eigenvalue weighted by Crippen LogP contribution is -2.48. The number of nitro groups is 1. The molecule has 0 N–H and O–H groups in total. The number of rotatable bonds is 3. The van der Waals surface area contributed by atoms with Gasteiger partial charge in [-0.15, -0.1) is 0 Å². The van der Waals surface area contributed by atoms with Gasteiger partial charge < -0.3 is 9.80 Å². The highest BCUT2D eigenvalue weighted by Gasteiger charge is 2.41. The number of hydrogen-bond acceptors (Lipinski definition) is 5. The zero-order chi connectivity index (χ0) is 15.7. The third kappa shape index (κ3) is 2.96. The minimum Gasteiger partial charge on any atom is -0.340 e. The minimum absolute atomic E-state index is 0.00775. The van der Waals surface area contributed by atoms with Crippen LogP contribution >= 0.6 is 0 Å². The van der Waals surface area contributed by atoms with Crippen molar-refractivity contribution in [3.05, 3.63) is 22.5 Å². The fraction of sp³-hybridized carbons (Fsp3) is 0.714. The van der Waals surface area contributed by atoms with Crippen molar-refractivity contribution in [3.63, 3.8) is 0 Å². The second-order valence-corrected chi connectivity index (χ2v) is 6.56. The Morgan fingerprint density at radius 3 is 2.86 bits per heavy atom. The quantitative estimate of drug-likeness (QED) is 0.607. The van der Waals surface area contributed by atoms with Crippen LogP contribution in [-0.2, 0) is 11.3 Å². The molecule has 0 aliphatic carbocycles. The van der Waals surface area contributed by atoms with Crippen LogP contribution in [0, 0.1) is 15.5 Å². The van der Waals surface area contributed by atoms with E-state index in [1.54, 1.807) is 0 Å². The Bertz CT molecular complexity index is 583. The molecule has 2 aliphatic heterocycles. The van der Waals surface area contributed by atoms with Gasteiger partial charge in [0.2, 0.25) is 5.91 Å². The zero-order valence-electron chi connectivity index (χ0n) is 12.8. The summed E-state index contributed by atoms with van der Waals surface area (Å²) in [6, 6.07) is 0. The molecule has 1 spiro atoms. The normalized spacial score (nSPS) is 25.8. The number of carbonyl (C=O) groups is 1. The summed E-state index contributed by atoms with van der Waals surface area (Å²) in [5.41, 5.74) is 0.152. The van der Waals surface area contributed by atoms with Gasteiger partial charge >= 0.3 is 5.69 Å². The maximum absolute atomic E-state index is 12.4. The zero-order valence-corrected chi connectivity index (χ0v) is 12.8. The van der Waals surface area contributed by atoms with Gasteiger partial charge in [0.05, 0.1) is 4.92 Å². The number of aromatic nitrogens is 2. The lowest BCUT2D eigenvalue weighted by atomic mass is 9.79. The molecule has 8 nitrogen and oxygen atoms in total. The van der Waals surface area contributed by atoms with Crippen LogP contribution < -0.4 is 0 Å². The molecule has 1 unspecified atom stereocenters. The molecule has 3 rings (SSSR count). The maximum atomic E-state index is 12.4. The Morgan fingerprint density at radius 2 is 2.23 bits per heavy atom. The molecule has 2 fully saturated rings. The third-order valence-electron chi connectivity index (χ3n) is 4.77. The van der Waals surface area contributed by atoms with E-state index in [1.807, 2.05) is 4.90 Å². The van der Waals surface area contributed by atoms with Gasteiger partial charge in [-0.25, -0.2) is 0 Å². The summed E-state index contributed by atoms with van der Waals surface area (Å²) in [4.78, 5) is 26.8. The molecule has 1 amide bonds. The SMILES string of the molecule is CN1CCC2(CCCN(C(=O)Cn3cc([N+](=O)[O-])cn3)C2)C1. The third-order valence-corrected chi connectivity index (χ3v) is 4.77. The van der Waals surface area contributed by atoms with Gasteiger partial charge in [-0.1, -0.05) is 0 Å². The number of hydrogen-bond donors (Lipinski definition) is 0. The first-order chi connectivity index (χ1) is 10.5. The van der Waals surface area contributed by atoms with E-state index in [9.17, 15) is 14.9 Å². The monoisotopic (exact) mass is 307 g/mol. The predicted octanol–water partition coefficient (Wildman–Crippen LogP) is 0.736. The van der Waals surface area contributed by atoms with E-state index in [0.29, 0.717) is 0 Å². The molecular formula is C14H21N5O3. The highest BCUT2D eigenvalue weighted by Crippen LogP contribution is 2.38.